The third-order valence-corrected chi connectivity index (χ3v) is 6.64. The van der Waals surface area contributed by atoms with Crippen molar-refractivity contribution in [3.63, 3.8) is 0 Å². The Balaban J connectivity index is 2.03. The number of benzene rings is 1. The zero-order chi connectivity index (χ0) is 15.5. The summed E-state index contributed by atoms with van der Waals surface area (Å²) in [5.74, 6) is 0.674. The second-order valence-corrected chi connectivity index (χ2v) is 8.43. The Kier molecular flexibility index (Phi) is 5.17. The molecule has 1 aromatic rings. The summed E-state index contributed by atoms with van der Waals surface area (Å²) in [6.45, 7) is 0.844. The van der Waals surface area contributed by atoms with E-state index in [2.05, 4.69) is 5.32 Å². The van der Waals surface area contributed by atoms with Gasteiger partial charge in [-0.1, -0.05) is 12.8 Å². The van der Waals surface area contributed by atoms with Crippen LogP contribution in [0.15, 0.2) is 29.2 Å². The van der Waals surface area contributed by atoms with Crippen LogP contribution in [0.3, 0.4) is 0 Å². The van der Waals surface area contributed by atoms with Crippen LogP contribution in [-0.4, -0.2) is 39.2 Å². The summed E-state index contributed by atoms with van der Waals surface area (Å²) < 4.78 is 25.2. The number of halogens is 1. The van der Waals surface area contributed by atoms with Crippen LogP contribution in [-0.2, 0) is 10.0 Å². The number of nitrogens with zero attached hydrogens (tertiary/aromatic N) is 1. The quantitative estimate of drug-likeness (QED) is 0.815. The first-order valence-electron chi connectivity index (χ1n) is 7.22. The summed E-state index contributed by atoms with van der Waals surface area (Å²) in [5, 5.41) is 3.39. The summed E-state index contributed by atoms with van der Waals surface area (Å²) in [7, 11) is -0.289. The van der Waals surface area contributed by atoms with Gasteiger partial charge in [-0.2, -0.15) is 0 Å². The third kappa shape index (κ3) is 3.71. The van der Waals surface area contributed by atoms with Gasteiger partial charge in [0.2, 0.25) is 10.0 Å². The highest BCUT2D eigenvalue weighted by Gasteiger charge is 2.32. The lowest BCUT2D eigenvalue weighted by molar-refractivity contribution is 0.368. The molecular weight excluding hydrogens is 308 g/mol. The lowest BCUT2D eigenvalue weighted by atomic mass is 9.88. The van der Waals surface area contributed by atoms with Crippen LogP contribution >= 0.6 is 11.6 Å². The Morgan fingerprint density at radius 1 is 1.19 bits per heavy atom. The molecule has 2 rings (SSSR count). The van der Waals surface area contributed by atoms with E-state index in [0.717, 1.165) is 25.1 Å². The molecule has 1 saturated carbocycles. The van der Waals surface area contributed by atoms with E-state index < -0.39 is 10.0 Å². The van der Waals surface area contributed by atoms with Crippen molar-refractivity contribution in [1.29, 1.82) is 0 Å². The van der Waals surface area contributed by atoms with E-state index in [1.165, 1.54) is 31.2 Å². The smallest absolute Gasteiger partial charge is 0.242 e. The van der Waals surface area contributed by atoms with E-state index in [9.17, 15) is 8.42 Å². The van der Waals surface area contributed by atoms with Gasteiger partial charge >= 0.3 is 0 Å². The van der Waals surface area contributed by atoms with Crippen molar-refractivity contribution in [1.82, 2.24) is 4.31 Å². The average molecular weight is 331 g/mol. The highest BCUT2D eigenvalue weighted by molar-refractivity contribution is 7.89. The zero-order valence-electron chi connectivity index (χ0n) is 12.6. The second kappa shape index (κ2) is 6.55. The average Bonchev–Trinajstić information content (AvgIpc) is 2.95. The first-order valence-corrected chi connectivity index (χ1v) is 9.20. The van der Waals surface area contributed by atoms with E-state index in [1.54, 1.807) is 12.1 Å². The number of hydrogen-bond donors (Lipinski definition) is 1. The van der Waals surface area contributed by atoms with Crippen LogP contribution in [0.2, 0.25) is 0 Å². The summed E-state index contributed by atoms with van der Waals surface area (Å²) in [5.41, 5.74) is 1.12. The maximum atomic E-state index is 12.0. The lowest BCUT2D eigenvalue weighted by Crippen LogP contribution is -2.28. The first kappa shape index (κ1) is 16.6. The molecule has 0 saturated heterocycles. The summed E-state index contributed by atoms with van der Waals surface area (Å²) in [6.07, 6.45) is 4.82. The standard InChI is InChI=1S/C15H23ClN2O2S/c1-18(2)21(19,20)14-7-5-13(6-8-14)17-12-15(11-16)9-3-4-10-15/h5-8,17H,3-4,9-12H2,1-2H3. The first-order chi connectivity index (χ1) is 9.89. The predicted octanol–water partition coefficient (Wildman–Crippen LogP) is 3.15. The molecule has 118 valence electrons. The predicted molar refractivity (Wildman–Crippen MR) is 87.4 cm³/mol. The highest BCUT2D eigenvalue weighted by atomic mass is 35.5. The Labute approximate surface area is 132 Å². The van der Waals surface area contributed by atoms with Crippen molar-refractivity contribution in [3.8, 4) is 0 Å². The molecule has 21 heavy (non-hydrogen) atoms. The van der Waals surface area contributed by atoms with Crippen LogP contribution in [0.25, 0.3) is 0 Å². The molecule has 6 heteroatoms. The molecule has 1 aliphatic carbocycles. The summed E-state index contributed by atoms with van der Waals surface area (Å²) in [6, 6.07) is 6.90. The van der Waals surface area contributed by atoms with Crippen molar-refractivity contribution in [2.75, 3.05) is 31.8 Å². The van der Waals surface area contributed by atoms with E-state index in [1.807, 2.05) is 12.1 Å². The molecular formula is C15H23ClN2O2S. The Morgan fingerprint density at radius 2 is 1.76 bits per heavy atom. The van der Waals surface area contributed by atoms with Gasteiger partial charge in [0.25, 0.3) is 0 Å². The van der Waals surface area contributed by atoms with Gasteiger partial charge in [0.1, 0.15) is 0 Å². The Bertz CT molecular complexity index is 564. The monoisotopic (exact) mass is 330 g/mol. The molecule has 1 aliphatic rings. The van der Waals surface area contributed by atoms with Gasteiger partial charge in [0.05, 0.1) is 4.90 Å². The molecule has 0 atom stereocenters. The number of nitrogens with one attached hydrogen (secondary N) is 1. The topological polar surface area (TPSA) is 49.4 Å². The maximum absolute atomic E-state index is 12.0. The van der Waals surface area contributed by atoms with Gasteiger partial charge in [0, 0.05) is 37.6 Å². The molecule has 0 aliphatic heterocycles. The van der Waals surface area contributed by atoms with E-state index in [4.69, 9.17) is 11.6 Å². The summed E-state index contributed by atoms with van der Waals surface area (Å²) in [4.78, 5) is 0.311. The number of hydrogen-bond acceptors (Lipinski definition) is 3. The van der Waals surface area contributed by atoms with Gasteiger partial charge in [-0.25, -0.2) is 12.7 Å². The number of anilines is 1. The van der Waals surface area contributed by atoms with Gasteiger partial charge in [-0.05, 0) is 37.1 Å². The maximum Gasteiger partial charge on any atom is 0.242 e. The van der Waals surface area contributed by atoms with E-state index >= 15 is 0 Å². The Morgan fingerprint density at radius 3 is 2.24 bits per heavy atom. The minimum atomic E-state index is -3.36. The van der Waals surface area contributed by atoms with Gasteiger partial charge < -0.3 is 5.32 Å². The number of alkyl halides is 1. The summed E-state index contributed by atoms with van der Waals surface area (Å²) >= 11 is 6.13. The molecule has 0 radical (unpaired) electrons. The zero-order valence-corrected chi connectivity index (χ0v) is 14.2. The molecule has 0 aromatic heterocycles. The van der Waals surface area contributed by atoms with Crippen LogP contribution in [0.1, 0.15) is 25.7 Å². The fraction of sp³-hybridized carbons (Fsp3) is 0.600. The molecule has 0 amide bonds. The van der Waals surface area contributed by atoms with Gasteiger partial charge in [-0.3, -0.25) is 0 Å². The second-order valence-electron chi connectivity index (χ2n) is 6.01. The molecule has 0 spiro atoms. The fourth-order valence-electron chi connectivity index (χ4n) is 2.73. The SMILES string of the molecule is CN(C)S(=O)(=O)c1ccc(NCC2(CCl)CCCC2)cc1. The lowest BCUT2D eigenvalue weighted by Gasteiger charge is -2.27. The van der Waals surface area contributed by atoms with E-state index in [-0.39, 0.29) is 5.41 Å². The fourth-order valence-corrected chi connectivity index (χ4v) is 3.99. The molecule has 0 unspecified atom stereocenters. The largest absolute Gasteiger partial charge is 0.384 e. The molecule has 0 heterocycles. The van der Waals surface area contributed by atoms with Crippen molar-refractivity contribution >= 4 is 27.3 Å². The molecule has 4 nitrogen and oxygen atoms in total. The third-order valence-electron chi connectivity index (χ3n) is 4.25. The number of rotatable bonds is 6. The Hall–Kier alpha value is -0.780. The minimum Gasteiger partial charge on any atom is -0.384 e. The van der Waals surface area contributed by atoms with Crippen molar-refractivity contribution in [2.24, 2.45) is 5.41 Å². The van der Waals surface area contributed by atoms with Gasteiger partial charge in [-0.15, -0.1) is 11.6 Å². The van der Waals surface area contributed by atoms with Crippen molar-refractivity contribution in [3.05, 3.63) is 24.3 Å². The van der Waals surface area contributed by atoms with E-state index in [0.29, 0.717) is 10.8 Å². The van der Waals surface area contributed by atoms with Crippen LogP contribution < -0.4 is 5.32 Å². The molecule has 1 N–H and O–H groups in total. The van der Waals surface area contributed by atoms with Crippen LogP contribution in [0, 0.1) is 5.41 Å². The molecule has 0 bridgehead atoms. The number of sulfonamides is 1. The van der Waals surface area contributed by atoms with Crippen LogP contribution in [0.5, 0.6) is 0 Å². The van der Waals surface area contributed by atoms with Crippen molar-refractivity contribution < 1.29 is 8.42 Å². The molecule has 1 aromatic carbocycles. The highest BCUT2D eigenvalue weighted by Crippen LogP contribution is 2.39. The van der Waals surface area contributed by atoms with Gasteiger partial charge in [0.15, 0.2) is 0 Å². The van der Waals surface area contributed by atoms with Crippen molar-refractivity contribution in [2.45, 2.75) is 30.6 Å². The normalized spacial score (nSPS) is 18.1. The molecule has 1 fully saturated rings. The minimum absolute atomic E-state index is 0.190. The van der Waals surface area contributed by atoms with Crippen LogP contribution in [0.4, 0.5) is 5.69 Å².